The number of allylic oxidation sites excluding steroid dienone is 1. The van der Waals surface area contributed by atoms with Gasteiger partial charge in [0, 0.05) is 17.5 Å². The standard InChI is InChI=1S/C20H20N2O3S2/c1-4-11-22-18(23)16-15(14-9-7-6-8-10-14)12-26-17(16)21-20(22)27-13(3)19(24)25-5-2/h4,6-10,12-13H,1,5,11H2,2-3H3/t13-/m0/s1. The van der Waals surface area contributed by atoms with E-state index < -0.39 is 5.25 Å². The molecule has 0 saturated carbocycles. The molecule has 2 aromatic heterocycles. The normalized spacial score (nSPS) is 12.1. The maximum absolute atomic E-state index is 13.2. The lowest BCUT2D eigenvalue weighted by Crippen LogP contribution is -2.25. The largest absolute Gasteiger partial charge is 0.465 e. The molecule has 0 saturated heterocycles. The number of aromatic nitrogens is 2. The number of hydrogen-bond donors (Lipinski definition) is 0. The van der Waals surface area contributed by atoms with Crippen molar-refractivity contribution in [3.63, 3.8) is 0 Å². The maximum atomic E-state index is 13.2. The molecule has 1 atom stereocenters. The van der Waals surface area contributed by atoms with Crippen LogP contribution in [0.15, 0.2) is 58.3 Å². The number of thioether (sulfide) groups is 1. The zero-order chi connectivity index (χ0) is 19.4. The van der Waals surface area contributed by atoms with Crippen molar-refractivity contribution in [2.24, 2.45) is 0 Å². The second-order valence-corrected chi connectivity index (χ2v) is 7.97. The first kappa shape index (κ1) is 19.4. The molecule has 0 bridgehead atoms. The summed E-state index contributed by atoms with van der Waals surface area (Å²) >= 11 is 2.66. The van der Waals surface area contributed by atoms with Gasteiger partial charge in [-0.2, -0.15) is 0 Å². The van der Waals surface area contributed by atoms with E-state index in [4.69, 9.17) is 4.74 Å². The minimum absolute atomic E-state index is 0.126. The molecule has 27 heavy (non-hydrogen) atoms. The summed E-state index contributed by atoms with van der Waals surface area (Å²) in [5.74, 6) is -0.321. The van der Waals surface area contributed by atoms with Gasteiger partial charge < -0.3 is 4.74 Å². The Bertz CT molecular complexity index is 1020. The first-order valence-corrected chi connectivity index (χ1v) is 10.3. The van der Waals surface area contributed by atoms with Crippen LogP contribution in [0.2, 0.25) is 0 Å². The van der Waals surface area contributed by atoms with Crippen LogP contribution < -0.4 is 5.56 Å². The molecule has 0 unspecified atom stereocenters. The molecule has 0 aliphatic carbocycles. The van der Waals surface area contributed by atoms with Crippen LogP contribution in [-0.2, 0) is 16.1 Å². The molecular formula is C20H20N2O3S2. The second-order valence-electron chi connectivity index (χ2n) is 5.81. The Morgan fingerprint density at radius 2 is 2.15 bits per heavy atom. The number of carbonyl (C=O) groups excluding carboxylic acids is 1. The van der Waals surface area contributed by atoms with Crippen LogP contribution in [0, 0.1) is 0 Å². The molecule has 0 aliphatic heterocycles. The number of hydrogen-bond acceptors (Lipinski definition) is 6. The first-order chi connectivity index (χ1) is 13.1. The fourth-order valence-corrected chi connectivity index (χ4v) is 4.59. The van der Waals surface area contributed by atoms with Gasteiger partial charge in [-0.3, -0.25) is 14.2 Å². The minimum Gasteiger partial charge on any atom is -0.465 e. The number of rotatable bonds is 7. The van der Waals surface area contributed by atoms with Gasteiger partial charge in [-0.15, -0.1) is 17.9 Å². The van der Waals surface area contributed by atoms with Gasteiger partial charge in [-0.05, 0) is 19.4 Å². The fourth-order valence-electron chi connectivity index (χ4n) is 2.68. The zero-order valence-corrected chi connectivity index (χ0v) is 16.8. The molecular weight excluding hydrogens is 380 g/mol. The van der Waals surface area contributed by atoms with Gasteiger partial charge in [0.1, 0.15) is 10.1 Å². The fraction of sp³-hybridized carbons (Fsp3) is 0.250. The van der Waals surface area contributed by atoms with Gasteiger partial charge in [0.25, 0.3) is 5.56 Å². The van der Waals surface area contributed by atoms with Crippen molar-refractivity contribution in [3.05, 3.63) is 58.7 Å². The molecule has 5 nitrogen and oxygen atoms in total. The van der Waals surface area contributed by atoms with Gasteiger partial charge in [0.05, 0.1) is 12.0 Å². The SMILES string of the molecule is C=CCn1c(S[C@@H](C)C(=O)OCC)nc2scc(-c3ccccc3)c2c1=O. The number of carbonyl (C=O) groups is 1. The monoisotopic (exact) mass is 400 g/mol. The van der Waals surface area contributed by atoms with Crippen molar-refractivity contribution in [3.8, 4) is 11.1 Å². The Kier molecular flexibility index (Phi) is 6.13. The van der Waals surface area contributed by atoms with E-state index in [1.165, 1.54) is 23.1 Å². The van der Waals surface area contributed by atoms with Gasteiger partial charge in [-0.1, -0.05) is 48.2 Å². The number of esters is 1. The van der Waals surface area contributed by atoms with Crippen LogP contribution in [-0.4, -0.2) is 27.4 Å². The summed E-state index contributed by atoms with van der Waals surface area (Å²) in [6, 6.07) is 9.78. The molecule has 140 valence electrons. The van der Waals surface area contributed by atoms with E-state index in [0.717, 1.165) is 11.1 Å². The molecule has 0 N–H and O–H groups in total. The third-order valence-electron chi connectivity index (χ3n) is 3.96. The van der Waals surface area contributed by atoms with E-state index in [2.05, 4.69) is 11.6 Å². The summed E-state index contributed by atoms with van der Waals surface area (Å²) < 4.78 is 6.63. The molecule has 7 heteroatoms. The molecule has 2 heterocycles. The molecule has 3 rings (SSSR count). The van der Waals surface area contributed by atoms with E-state index in [1.807, 2.05) is 35.7 Å². The predicted molar refractivity (Wildman–Crippen MR) is 111 cm³/mol. The van der Waals surface area contributed by atoms with Crippen molar-refractivity contribution < 1.29 is 9.53 Å². The summed E-state index contributed by atoms with van der Waals surface area (Å²) in [4.78, 5) is 30.5. The molecule has 0 fully saturated rings. The predicted octanol–water partition coefficient (Wildman–Crippen LogP) is 4.35. The summed E-state index contributed by atoms with van der Waals surface area (Å²) in [6.07, 6.45) is 1.66. The number of fused-ring (bicyclic) bond motifs is 1. The number of benzene rings is 1. The third kappa shape index (κ3) is 3.99. The third-order valence-corrected chi connectivity index (χ3v) is 5.90. The molecule has 3 aromatic rings. The highest BCUT2D eigenvalue weighted by Crippen LogP contribution is 2.32. The molecule has 0 spiro atoms. The van der Waals surface area contributed by atoms with E-state index in [1.54, 1.807) is 24.5 Å². The lowest BCUT2D eigenvalue weighted by atomic mass is 10.1. The maximum Gasteiger partial charge on any atom is 0.319 e. The molecule has 1 aromatic carbocycles. The average Bonchev–Trinajstić information content (AvgIpc) is 3.10. The summed E-state index contributed by atoms with van der Waals surface area (Å²) in [6.45, 7) is 7.91. The number of ether oxygens (including phenoxy) is 1. The van der Waals surface area contributed by atoms with Crippen LogP contribution in [0.4, 0.5) is 0 Å². The van der Waals surface area contributed by atoms with Crippen LogP contribution in [0.25, 0.3) is 21.3 Å². The summed E-state index contributed by atoms with van der Waals surface area (Å²) in [5.41, 5.74) is 1.73. The lowest BCUT2D eigenvalue weighted by molar-refractivity contribution is -0.142. The lowest BCUT2D eigenvalue weighted by Gasteiger charge is -2.14. The highest BCUT2D eigenvalue weighted by molar-refractivity contribution is 8.00. The van der Waals surface area contributed by atoms with Crippen molar-refractivity contribution in [1.82, 2.24) is 9.55 Å². The number of thiophene rings is 1. The van der Waals surface area contributed by atoms with Gasteiger partial charge in [0.2, 0.25) is 0 Å². The van der Waals surface area contributed by atoms with Gasteiger partial charge >= 0.3 is 5.97 Å². The van der Waals surface area contributed by atoms with Crippen molar-refractivity contribution in [2.75, 3.05) is 6.61 Å². The summed E-state index contributed by atoms with van der Waals surface area (Å²) in [5, 5.41) is 2.59. The minimum atomic E-state index is -0.459. The van der Waals surface area contributed by atoms with Crippen molar-refractivity contribution in [2.45, 2.75) is 30.8 Å². The van der Waals surface area contributed by atoms with E-state index in [9.17, 15) is 9.59 Å². The second kappa shape index (κ2) is 8.54. The first-order valence-electron chi connectivity index (χ1n) is 8.58. The highest BCUT2D eigenvalue weighted by atomic mass is 32.2. The van der Waals surface area contributed by atoms with Crippen molar-refractivity contribution in [1.29, 1.82) is 0 Å². The quantitative estimate of drug-likeness (QED) is 0.255. The highest BCUT2D eigenvalue weighted by Gasteiger charge is 2.22. The van der Waals surface area contributed by atoms with Crippen molar-refractivity contribution >= 4 is 39.3 Å². The Labute approximate surface area is 165 Å². The Morgan fingerprint density at radius 3 is 2.81 bits per heavy atom. The molecule has 0 amide bonds. The van der Waals surface area contributed by atoms with Gasteiger partial charge in [-0.25, -0.2) is 4.98 Å². The summed E-state index contributed by atoms with van der Waals surface area (Å²) in [7, 11) is 0. The van der Waals surface area contributed by atoms with Crippen LogP contribution in [0.3, 0.4) is 0 Å². The van der Waals surface area contributed by atoms with Gasteiger partial charge in [0.15, 0.2) is 5.16 Å². The smallest absolute Gasteiger partial charge is 0.319 e. The Hall–Kier alpha value is -2.38. The zero-order valence-electron chi connectivity index (χ0n) is 15.2. The molecule has 0 radical (unpaired) electrons. The van der Waals surface area contributed by atoms with Crippen LogP contribution in [0.5, 0.6) is 0 Å². The number of nitrogens with zero attached hydrogens (tertiary/aromatic N) is 2. The Morgan fingerprint density at radius 1 is 1.41 bits per heavy atom. The van der Waals surface area contributed by atoms with E-state index in [0.29, 0.717) is 28.5 Å². The Balaban J connectivity index is 2.11. The van der Waals surface area contributed by atoms with Crippen LogP contribution >= 0.6 is 23.1 Å². The molecule has 0 aliphatic rings. The van der Waals surface area contributed by atoms with E-state index >= 15 is 0 Å². The topological polar surface area (TPSA) is 61.2 Å². The van der Waals surface area contributed by atoms with E-state index in [-0.39, 0.29) is 11.5 Å². The van der Waals surface area contributed by atoms with Crippen LogP contribution in [0.1, 0.15) is 13.8 Å². The average molecular weight is 401 g/mol.